The number of hydrogen-bond acceptors (Lipinski definition) is 7. The first-order chi connectivity index (χ1) is 13.1. The van der Waals surface area contributed by atoms with Gasteiger partial charge in [-0.1, -0.05) is 41.2 Å². The number of nitrogens with zero attached hydrogens (tertiary/aromatic N) is 4. The third-order valence-corrected chi connectivity index (χ3v) is 5.69. The number of nitrogens with one attached hydrogen (secondary N) is 2. The van der Waals surface area contributed by atoms with Crippen molar-refractivity contribution in [1.82, 2.24) is 25.0 Å². The summed E-state index contributed by atoms with van der Waals surface area (Å²) in [5.74, 6) is 0.375. The Morgan fingerprint density at radius 1 is 1.22 bits per heavy atom. The summed E-state index contributed by atoms with van der Waals surface area (Å²) in [6, 6.07) is 9.85. The zero-order valence-corrected chi connectivity index (χ0v) is 16.6. The van der Waals surface area contributed by atoms with Crippen LogP contribution in [0.25, 0.3) is 22.0 Å². The number of thiophene rings is 1. The fourth-order valence-electron chi connectivity index (χ4n) is 2.47. The van der Waals surface area contributed by atoms with Gasteiger partial charge in [0.1, 0.15) is 11.6 Å². The van der Waals surface area contributed by atoms with Gasteiger partial charge in [0.25, 0.3) is 0 Å². The molecule has 0 atom stereocenters. The van der Waals surface area contributed by atoms with Gasteiger partial charge in [-0.3, -0.25) is 19.8 Å². The molecule has 1 aromatic carbocycles. The first kappa shape index (κ1) is 17.7. The van der Waals surface area contributed by atoms with E-state index in [9.17, 15) is 4.79 Å². The van der Waals surface area contributed by atoms with Gasteiger partial charge >= 0.3 is 0 Å². The van der Waals surface area contributed by atoms with Crippen LogP contribution in [0.3, 0.4) is 0 Å². The van der Waals surface area contributed by atoms with Crippen molar-refractivity contribution in [2.45, 2.75) is 13.5 Å². The quantitative estimate of drug-likeness (QED) is 0.479. The van der Waals surface area contributed by atoms with Crippen LogP contribution in [-0.4, -0.2) is 30.9 Å². The number of carbonyl (C=O) groups excluding carboxylic acids is 1. The summed E-state index contributed by atoms with van der Waals surface area (Å²) in [5.41, 5.74) is 3.03. The van der Waals surface area contributed by atoms with Crippen molar-refractivity contribution < 1.29 is 4.79 Å². The van der Waals surface area contributed by atoms with Gasteiger partial charge in [0.15, 0.2) is 10.6 Å². The molecule has 3 aromatic heterocycles. The van der Waals surface area contributed by atoms with E-state index in [4.69, 9.17) is 12.2 Å². The maximum absolute atomic E-state index is 12.5. The largest absolute Gasteiger partial charge is 0.299 e. The van der Waals surface area contributed by atoms with Gasteiger partial charge in [-0.2, -0.15) is 16.4 Å². The molecule has 4 rings (SSSR count). The van der Waals surface area contributed by atoms with Crippen LogP contribution >= 0.6 is 34.9 Å². The van der Waals surface area contributed by atoms with E-state index in [1.807, 2.05) is 48.0 Å². The second-order valence-electron chi connectivity index (χ2n) is 5.78. The van der Waals surface area contributed by atoms with Crippen LogP contribution in [-0.2, 0) is 11.3 Å². The number of benzene rings is 1. The van der Waals surface area contributed by atoms with Gasteiger partial charge < -0.3 is 0 Å². The molecular formula is C17H14N6OS3. The molecule has 10 heteroatoms. The Labute approximate surface area is 167 Å². The Bertz CT molecular complexity index is 1120. The van der Waals surface area contributed by atoms with E-state index in [2.05, 4.69) is 25.7 Å². The summed E-state index contributed by atoms with van der Waals surface area (Å²) < 4.78 is 2.05. The van der Waals surface area contributed by atoms with Crippen LogP contribution in [0.4, 0.5) is 5.13 Å². The molecule has 27 heavy (non-hydrogen) atoms. The van der Waals surface area contributed by atoms with Crippen molar-refractivity contribution in [3.8, 4) is 22.0 Å². The number of hydrogen-bond donors (Lipinski definition) is 2. The number of aromatic nitrogens is 5. The van der Waals surface area contributed by atoms with Crippen LogP contribution in [0, 0.1) is 11.7 Å². The molecule has 0 spiro atoms. The summed E-state index contributed by atoms with van der Waals surface area (Å²) in [6.45, 7) is 2.05. The molecule has 0 saturated heterocycles. The van der Waals surface area contributed by atoms with Crippen molar-refractivity contribution in [2.75, 3.05) is 5.32 Å². The molecule has 0 aliphatic rings. The minimum Gasteiger partial charge on any atom is -0.299 e. The Balaban J connectivity index is 1.51. The van der Waals surface area contributed by atoms with Gasteiger partial charge in [-0.05, 0) is 30.6 Å². The molecule has 0 unspecified atom stereocenters. The first-order valence-electron chi connectivity index (χ1n) is 7.98. The second-order valence-corrected chi connectivity index (χ2v) is 7.92. The minimum atomic E-state index is -0.242. The van der Waals surface area contributed by atoms with E-state index in [1.54, 1.807) is 15.9 Å². The van der Waals surface area contributed by atoms with E-state index >= 15 is 0 Å². The van der Waals surface area contributed by atoms with E-state index in [0.29, 0.717) is 15.7 Å². The zero-order chi connectivity index (χ0) is 18.8. The third kappa shape index (κ3) is 3.87. The Morgan fingerprint density at radius 3 is 2.78 bits per heavy atom. The maximum Gasteiger partial charge on any atom is 0.246 e. The molecule has 0 aliphatic carbocycles. The lowest BCUT2D eigenvalue weighted by atomic mass is 10.1. The number of aromatic amines is 1. The lowest BCUT2D eigenvalue weighted by Crippen LogP contribution is -2.19. The molecule has 3 heterocycles. The highest BCUT2D eigenvalue weighted by Crippen LogP contribution is 2.28. The average Bonchev–Trinajstić information content (AvgIpc) is 3.38. The van der Waals surface area contributed by atoms with E-state index in [-0.39, 0.29) is 12.5 Å². The highest BCUT2D eigenvalue weighted by molar-refractivity contribution is 7.71. The fourth-order valence-corrected chi connectivity index (χ4v) is 4.13. The Morgan fingerprint density at radius 2 is 2.04 bits per heavy atom. The molecule has 0 fully saturated rings. The molecule has 136 valence electrons. The lowest BCUT2D eigenvalue weighted by molar-refractivity contribution is -0.116. The molecule has 1 amide bonds. The predicted octanol–water partition coefficient (Wildman–Crippen LogP) is 4.13. The normalized spacial score (nSPS) is 10.9. The predicted molar refractivity (Wildman–Crippen MR) is 109 cm³/mol. The van der Waals surface area contributed by atoms with Gasteiger partial charge in [0.05, 0.1) is 0 Å². The molecule has 7 nitrogen and oxygen atoms in total. The summed E-state index contributed by atoms with van der Waals surface area (Å²) in [5, 5.41) is 23.1. The van der Waals surface area contributed by atoms with Crippen molar-refractivity contribution in [1.29, 1.82) is 0 Å². The topological polar surface area (TPSA) is 88.5 Å². The van der Waals surface area contributed by atoms with Crippen LogP contribution in [0.1, 0.15) is 5.56 Å². The summed E-state index contributed by atoms with van der Waals surface area (Å²) in [6.07, 6.45) is 0. The monoisotopic (exact) mass is 414 g/mol. The van der Waals surface area contributed by atoms with Gasteiger partial charge in [0, 0.05) is 16.5 Å². The summed E-state index contributed by atoms with van der Waals surface area (Å²) >= 11 is 8.20. The molecule has 0 aliphatic heterocycles. The molecule has 0 radical (unpaired) electrons. The van der Waals surface area contributed by atoms with Crippen LogP contribution in [0.15, 0.2) is 41.1 Å². The maximum atomic E-state index is 12.5. The minimum absolute atomic E-state index is 0.0336. The number of rotatable bonds is 5. The van der Waals surface area contributed by atoms with E-state index < -0.39 is 0 Å². The highest BCUT2D eigenvalue weighted by Gasteiger charge is 2.14. The number of anilines is 1. The number of H-pyrrole nitrogens is 1. The SMILES string of the molecule is Cc1ccc(-c2n[nH]c(=S)n2CC(=O)Nc2nnc(-c3ccsc3)s2)cc1. The molecule has 0 bridgehead atoms. The number of aryl methyl sites for hydroxylation is 1. The molecular weight excluding hydrogens is 400 g/mol. The Kier molecular flexibility index (Phi) is 4.92. The van der Waals surface area contributed by atoms with Crippen molar-refractivity contribution >= 4 is 45.9 Å². The van der Waals surface area contributed by atoms with Crippen LogP contribution in [0.2, 0.25) is 0 Å². The van der Waals surface area contributed by atoms with Gasteiger partial charge in [0.2, 0.25) is 11.0 Å². The molecule has 4 aromatic rings. The first-order valence-corrected chi connectivity index (χ1v) is 10.1. The summed E-state index contributed by atoms with van der Waals surface area (Å²) in [7, 11) is 0. The third-order valence-electron chi connectivity index (χ3n) is 3.81. The molecule has 0 saturated carbocycles. The standard InChI is InChI=1S/C17H14N6OS3/c1-10-2-4-11(5-3-10)14-19-22-17(25)23(14)8-13(24)18-16-21-20-15(27-16)12-6-7-26-9-12/h2-7,9H,8H2,1H3,(H,22,25)(H,18,21,24). The second kappa shape index (κ2) is 7.51. The van der Waals surface area contributed by atoms with Crippen molar-refractivity contribution in [3.63, 3.8) is 0 Å². The lowest BCUT2D eigenvalue weighted by Gasteiger charge is -2.06. The zero-order valence-electron chi connectivity index (χ0n) is 14.2. The van der Waals surface area contributed by atoms with Gasteiger partial charge in [-0.25, -0.2) is 0 Å². The van der Waals surface area contributed by atoms with Crippen molar-refractivity contribution in [3.05, 3.63) is 51.4 Å². The summed E-state index contributed by atoms with van der Waals surface area (Å²) in [4.78, 5) is 12.5. The number of carbonyl (C=O) groups is 1. The Hall–Kier alpha value is -2.69. The van der Waals surface area contributed by atoms with Gasteiger partial charge in [-0.15, -0.1) is 10.2 Å². The number of amides is 1. The highest BCUT2D eigenvalue weighted by atomic mass is 32.1. The van der Waals surface area contributed by atoms with E-state index in [1.165, 1.54) is 11.3 Å². The van der Waals surface area contributed by atoms with Crippen LogP contribution in [0.5, 0.6) is 0 Å². The smallest absolute Gasteiger partial charge is 0.246 e. The average molecular weight is 415 g/mol. The molecule has 2 N–H and O–H groups in total. The van der Waals surface area contributed by atoms with Crippen molar-refractivity contribution in [2.24, 2.45) is 0 Å². The fraction of sp³-hybridized carbons (Fsp3) is 0.118. The van der Waals surface area contributed by atoms with Crippen LogP contribution < -0.4 is 5.32 Å². The van der Waals surface area contributed by atoms with E-state index in [0.717, 1.165) is 21.7 Å².